The van der Waals surface area contributed by atoms with Gasteiger partial charge in [0.15, 0.2) is 0 Å². The SMILES string of the molecule is Cc1ccc2c(c1)c1cc(C)ccc1n2-c1ccc(-c2cccc(C#N)c2)c(-n2c3ccc(C)cc3c3cc(C)ccc32)c1C#N.Cc1ccc2c(c1)c1cc(C)ccc1n2-c1ccc(-c2cccc(C#N)c2)c(-n2c3ccc(C)cc3c3cc(C)ccc32)c1C(F)(F)F. The van der Waals surface area contributed by atoms with Crippen LogP contribution in [-0.2, 0) is 6.18 Å². The van der Waals surface area contributed by atoms with Gasteiger partial charge in [0, 0.05) is 54.2 Å². The molecule has 10 heteroatoms. The van der Waals surface area contributed by atoms with Crippen molar-refractivity contribution < 1.29 is 13.2 Å². The third kappa shape index (κ3) is 9.47. The average molecular weight is 1220 g/mol. The summed E-state index contributed by atoms with van der Waals surface area (Å²) < 4.78 is 56.4. The van der Waals surface area contributed by atoms with E-state index in [1.54, 1.807) is 45.5 Å². The van der Waals surface area contributed by atoms with E-state index in [2.05, 4.69) is 140 Å². The predicted octanol–water partition coefficient (Wildman–Crippen LogP) is 22.2. The summed E-state index contributed by atoms with van der Waals surface area (Å²) in [6, 6.07) is 78.9. The van der Waals surface area contributed by atoms with E-state index in [4.69, 9.17) is 0 Å². The van der Waals surface area contributed by atoms with Gasteiger partial charge in [-0.25, -0.2) is 0 Å². The summed E-state index contributed by atoms with van der Waals surface area (Å²) in [5, 5.41) is 38.9. The number of nitrogens with zero attached hydrogens (tertiary/aromatic N) is 7. The minimum Gasteiger partial charge on any atom is -0.309 e. The van der Waals surface area contributed by atoms with Crippen molar-refractivity contribution in [3.8, 4) is 63.2 Å². The molecule has 0 unspecified atom stereocenters. The summed E-state index contributed by atoms with van der Waals surface area (Å²) in [6.45, 7) is 16.4. The largest absolute Gasteiger partial charge is 0.420 e. The van der Waals surface area contributed by atoms with E-state index in [9.17, 15) is 15.8 Å². The second-order valence-electron chi connectivity index (χ2n) is 25.2. The van der Waals surface area contributed by atoms with Crippen molar-refractivity contribution in [2.24, 2.45) is 0 Å². The van der Waals surface area contributed by atoms with Crippen LogP contribution < -0.4 is 0 Å². The molecule has 0 N–H and O–H groups in total. The van der Waals surface area contributed by atoms with E-state index >= 15 is 13.2 Å². The zero-order valence-corrected chi connectivity index (χ0v) is 53.0. The van der Waals surface area contributed by atoms with Crippen molar-refractivity contribution in [3.05, 3.63) is 285 Å². The number of hydrogen-bond acceptors (Lipinski definition) is 3. The van der Waals surface area contributed by atoms with Crippen molar-refractivity contribution in [1.29, 1.82) is 15.8 Å². The molecular formula is C84H60F3N7. The van der Waals surface area contributed by atoms with Crippen LogP contribution in [0.25, 0.3) is 132 Å². The highest BCUT2D eigenvalue weighted by Gasteiger charge is 2.41. The van der Waals surface area contributed by atoms with Gasteiger partial charge in [-0.05, 0) is 200 Å². The van der Waals surface area contributed by atoms with Crippen molar-refractivity contribution in [2.75, 3.05) is 0 Å². The molecule has 0 amide bonds. The number of halogens is 3. The van der Waals surface area contributed by atoms with E-state index in [0.29, 0.717) is 49.9 Å². The summed E-state index contributed by atoms with van der Waals surface area (Å²) >= 11 is 0. The van der Waals surface area contributed by atoms with E-state index < -0.39 is 11.7 Å². The number of rotatable bonds is 6. The van der Waals surface area contributed by atoms with Crippen LogP contribution in [0.1, 0.15) is 66.8 Å². The third-order valence-corrected chi connectivity index (χ3v) is 18.5. The first-order valence-corrected chi connectivity index (χ1v) is 31.3. The van der Waals surface area contributed by atoms with Gasteiger partial charge in [-0.2, -0.15) is 29.0 Å². The van der Waals surface area contributed by atoms with Gasteiger partial charge in [0.2, 0.25) is 0 Å². The summed E-state index contributed by atoms with van der Waals surface area (Å²) in [5.41, 5.74) is 20.9. The molecule has 0 aliphatic rings. The molecule has 452 valence electrons. The molecule has 0 aliphatic carbocycles. The van der Waals surface area contributed by atoms with Gasteiger partial charge in [0.05, 0.1) is 90.1 Å². The minimum absolute atomic E-state index is 0.0250. The van der Waals surface area contributed by atoms with Crippen molar-refractivity contribution in [1.82, 2.24) is 18.3 Å². The standard InChI is InChI=1S/C42H30F3N3.C42H30N4/c1-24-8-13-35-31(18-24)32-19-25(2)9-14-36(32)47(35)39-17-12-30(29-7-5-6-28(22-29)23-46)41(40(39)42(43,44)45)48-37-15-10-26(3)20-33(37)34-21-27(4)11-16-38(34)48;1-25-8-13-37-32(18-25)33-19-26(2)9-14-38(33)45(37)41-17-12-31(30-7-5-6-29(22-30)23-43)42(36(41)24-44)46-39-15-10-27(3)20-34(39)35-21-28(4)11-16-40(35)46/h5-22H,1-4H3;5-22H,1-4H3. The first kappa shape index (κ1) is 58.5. The molecule has 94 heavy (non-hydrogen) atoms. The topological polar surface area (TPSA) is 91.1 Å². The highest BCUT2D eigenvalue weighted by Crippen LogP contribution is 2.49. The van der Waals surface area contributed by atoms with Gasteiger partial charge >= 0.3 is 6.18 Å². The zero-order chi connectivity index (χ0) is 65.2. The first-order chi connectivity index (χ1) is 45.4. The Balaban J connectivity index is 0.000000155. The fourth-order valence-electron chi connectivity index (χ4n) is 14.4. The van der Waals surface area contributed by atoms with Crippen molar-refractivity contribution in [2.45, 2.75) is 61.6 Å². The Labute approximate surface area is 541 Å². The summed E-state index contributed by atoms with van der Waals surface area (Å²) in [6.07, 6.45) is -4.76. The Hall–Kier alpha value is -11.9. The highest BCUT2D eigenvalue weighted by atomic mass is 19.4. The van der Waals surface area contributed by atoms with Gasteiger partial charge in [0.25, 0.3) is 0 Å². The fraction of sp³-hybridized carbons (Fsp3) is 0.107. The van der Waals surface area contributed by atoms with Crippen LogP contribution >= 0.6 is 0 Å². The molecule has 0 bridgehead atoms. The van der Waals surface area contributed by atoms with Crippen LogP contribution in [0.5, 0.6) is 0 Å². The van der Waals surface area contributed by atoms with E-state index in [1.807, 2.05) is 125 Å². The fourth-order valence-corrected chi connectivity index (χ4v) is 14.4. The summed E-state index contributed by atoms with van der Waals surface area (Å²) in [7, 11) is 0. The van der Waals surface area contributed by atoms with Crippen LogP contribution in [-0.4, -0.2) is 18.3 Å². The second-order valence-corrected chi connectivity index (χ2v) is 25.2. The van der Waals surface area contributed by atoms with Crippen molar-refractivity contribution >= 4 is 87.2 Å². The lowest BCUT2D eigenvalue weighted by Crippen LogP contribution is -2.17. The summed E-state index contributed by atoms with van der Waals surface area (Å²) in [5.74, 6) is 0. The summed E-state index contributed by atoms with van der Waals surface area (Å²) in [4.78, 5) is 0. The van der Waals surface area contributed by atoms with E-state index in [1.165, 1.54) is 22.3 Å². The van der Waals surface area contributed by atoms with Crippen LogP contribution in [0.15, 0.2) is 218 Å². The molecule has 16 aromatic rings. The maximum absolute atomic E-state index is 16.1. The Bertz CT molecular complexity index is 5820. The Morgan fingerprint density at radius 1 is 0.287 bits per heavy atom. The quantitative estimate of drug-likeness (QED) is 0.166. The molecule has 4 aromatic heterocycles. The Kier molecular flexibility index (Phi) is 13.8. The molecule has 0 saturated heterocycles. The van der Waals surface area contributed by atoms with Crippen LogP contribution in [0.4, 0.5) is 13.2 Å². The van der Waals surface area contributed by atoms with Gasteiger partial charge < -0.3 is 18.3 Å². The predicted molar refractivity (Wildman–Crippen MR) is 378 cm³/mol. The molecule has 0 radical (unpaired) electrons. The number of hydrogen-bond donors (Lipinski definition) is 0. The molecule has 7 nitrogen and oxygen atoms in total. The Morgan fingerprint density at radius 2 is 0.564 bits per heavy atom. The highest BCUT2D eigenvalue weighted by molar-refractivity contribution is 6.14. The van der Waals surface area contributed by atoms with Gasteiger partial charge in [-0.1, -0.05) is 129 Å². The first-order valence-electron chi connectivity index (χ1n) is 31.3. The molecule has 0 fully saturated rings. The number of fused-ring (bicyclic) bond motifs is 12. The molecular weight excluding hydrogens is 1160 g/mol. The monoisotopic (exact) mass is 1220 g/mol. The minimum atomic E-state index is -4.76. The van der Waals surface area contributed by atoms with E-state index in [-0.39, 0.29) is 11.4 Å². The number of benzene rings is 12. The molecule has 4 heterocycles. The van der Waals surface area contributed by atoms with E-state index in [0.717, 1.165) is 110 Å². The van der Waals surface area contributed by atoms with Gasteiger partial charge in [-0.15, -0.1) is 0 Å². The molecule has 0 aliphatic heterocycles. The van der Waals surface area contributed by atoms with Crippen LogP contribution in [0.3, 0.4) is 0 Å². The number of nitriles is 3. The third-order valence-electron chi connectivity index (χ3n) is 18.5. The normalized spacial score (nSPS) is 11.7. The number of aryl methyl sites for hydroxylation is 8. The lowest BCUT2D eigenvalue weighted by Gasteiger charge is -2.24. The van der Waals surface area contributed by atoms with Crippen LogP contribution in [0, 0.1) is 89.4 Å². The Morgan fingerprint density at radius 3 is 0.862 bits per heavy atom. The number of alkyl halides is 3. The number of aromatic nitrogens is 4. The maximum atomic E-state index is 16.1. The molecule has 12 aromatic carbocycles. The smallest absolute Gasteiger partial charge is 0.309 e. The molecule has 16 rings (SSSR count). The molecule has 0 spiro atoms. The van der Waals surface area contributed by atoms with Crippen molar-refractivity contribution in [3.63, 3.8) is 0 Å². The molecule has 0 saturated carbocycles. The molecule has 0 atom stereocenters. The lowest BCUT2D eigenvalue weighted by molar-refractivity contribution is -0.137. The zero-order valence-electron chi connectivity index (χ0n) is 53.0. The second kappa shape index (κ2) is 22.2. The average Bonchev–Trinajstić information content (AvgIpc) is 1.57. The van der Waals surface area contributed by atoms with Crippen LogP contribution in [0.2, 0.25) is 0 Å². The van der Waals surface area contributed by atoms with Gasteiger partial charge in [-0.3, -0.25) is 0 Å². The van der Waals surface area contributed by atoms with Gasteiger partial charge in [0.1, 0.15) is 17.2 Å². The lowest BCUT2D eigenvalue weighted by atomic mass is 9.96. The maximum Gasteiger partial charge on any atom is 0.420 e.